The van der Waals surface area contributed by atoms with Gasteiger partial charge in [-0.25, -0.2) is 4.98 Å². The van der Waals surface area contributed by atoms with Gasteiger partial charge in [0.2, 0.25) is 0 Å². The quantitative estimate of drug-likeness (QED) is 0.702. The molecule has 0 bridgehead atoms. The average Bonchev–Trinajstić information content (AvgIpc) is 3.06. The van der Waals surface area contributed by atoms with Crippen LogP contribution in [0.4, 0.5) is 5.82 Å². The first-order chi connectivity index (χ1) is 9.77. The predicted molar refractivity (Wildman–Crippen MR) is 86.0 cm³/mol. The summed E-state index contributed by atoms with van der Waals surface area (Å²) in [5.41, 5.74) is 7.54. The number of aromatic nitrogens is 2. The molecule has 1 fully saturated rings. The third kappa shape index (κ3) is 3.56. The summed E-state index contributed by atoms with van der Waals surface area (Å²) in [6.07, 6.45) is 12.6. The lowest BCUT2D eigenvalue weighted by atomic mass is 10.1. The molecule has 20 heavy (non-hydrogen) atoms. The summed E-state index contributed by atoms with van der Waals surface area (Å²) in [7, 11) is 0. The lowest BCUT2D eigenvalue weighted by molar-refractivity contribution is 0.578. The van der Waals surface area contributed by atoms with Gasteiger partial charge in [0.25, 0.3) is 0 Å². The van der Waals surface area contributed by atoms with E-state index in [-0.39, 0.29) is 0 Å². The van der Waals surface area contributed by atoms with E-state index in [4.69, 9.17) is 10.7 Å². The van der Waals surface area contributed by atoms with E-state index in [1.807, 2.05) is 0 Å². The van der Waals surface area contributed by atoms with Gasteiger partial charge in [-0.2, -0.15) is 0 Å². The molecule has 0 unspecified atom stereocenters. The van der Waals surface area contributed by atoms with Crippen LogP contribution < -0.4 is 5.73 Å². The number of hydrogen-bond donors (Lipinski definition) is 1. The summed E-state index contributed by atoms with van der Waals surface area (Å²) in [4.78, 5) is 4.95. The van der Waals surface area contributed by atoms with Crippen LogP contribution >= 0.6 is 0 Å². The highest BCUT2D eigenvalue weighted by molar-refractivity contribution is 5.39. The molecule has 0 saturated heterocycles. The molecule has 0 radical (unpaired) electrons. The van der Waals surface area contributed by atoms with Gasteiger partial charge in [0.1, 0.15) is 11.6 Å². The molecule has 3 heteroatoms. The van der Waals surface area contributed by atoms with Crippen LogP contribution in [0.25, 0.3) is 0 Å². The molecule has 1 saturated carbocycles. The van der Waals surface area contributed by atoms with E-state index >= 15 is 0 Å². The Morgan fingerprint density at radius 1 is 1.10 bits per heavy atom. The molecule has 0 amide bonds. The Kier molecular flexibility index (Phi) is 5.93. The van der Waals surface area contributed by atoms with Crippen molar-refractivity contribution >= 4 is 5.82 Å². The molecular weight excluding hydrogens is 246 g/mol. The number of nitrogen functional groups attached to an aromatic ring is 1. The molecule has 0 atom stereocenters. The number of unbranched alkanes of at least 4 members (excludes halogenated alkanes) is 3. The summed E-state index contributed by atoms with van der Waals surface area (Å²) in [5, 5.41) is 0. The van der Waals surface area contributed by atoms with Crippen LogP contribution in [0.15, 0.2) is 0 Å². The second-order valence-electron chi connectivity index (χ2n) is 6.25. The normalized spacial score (nSPS) is 16.1. The van der Waals surface area contributed by atoms with Gasteiger partial charge < -0.3 is 10.3 Å². The molecule has 0 spiro atoms. The molecule has 1 aromatic rings. The molecule has 3 nitrogen and oxygen atoms in total. The van der Waals surface area contributed by atoms with Crippen molar-refractivity contribution in [1.29, 1.82) is 0 Å². The molecule has 2 N–H and O–H groups in total. The van der Waals surface area contributed by atoms with Crippen LogP contribution in [0.2, 0.25) is 0 Å². The van der Waals surface area contributed by atoms with Crippen molar-refractivity contribution < 1.29 is 0 Å². The molecule has 114 valence electrons. The van der Waals surface area contributed by atoms with E-state index in [2.05, 4.69) is 18.4 Å². The van der Waals surface area contributed by atoms with Gasteiger partial charge in [-0.3, -0.25) is 0 Å². The van der Waals surface area contributed by atoms with E-state index in [1.165, 1.54) is 57.2 Å². The Bertz CT molecular complexity index is 403. The SMILES string of the molecule is CCCCCCc1nc(C2CCCC2)n(CCC)c1N. The van der Waals surface area contributed by atoms with Crippen LogP contribution in [-0.4, -0.2) is 9.55 Å². The number of anilines is 1. The molecule has 0 aromatic carbocycles. The molecule has 2 rings (SSSR count). The fraction of sp³-hybridized carbons (Fsp3) is 0.824. The Morgan fingerprint density at radius 2 is 1.85 bits per heavy atom. The number of nitrogens with zero attached hydrogens (tertiary/aromatic N) is 2. The zero-order valence-electron chi connectivity index (χ0n) is 13.3. The van der Waals surface area contributed by atoms with Crippen LogP contribution in [0.1, 0.15) is 89.1 Å². The van der Waals surface area contributed by atoms with Gasteiger partial charge in [-0.1, -0.05) is 46.0 Å². The smallest absolute Gasteiger partial charge is 0.126 e. The summed E-state index contributed by atoms with van der Waals surface area (Å²) >= 11 is 0. The maximum atomic E-state index is 6.37. The molecular formula is C17H31N3. The van der Waals surface area contributed by atoms with Gasteiger partial charge >= 0.3 is 0 Å². The topological polar surface area (TPSA) is 43.8 Å². The first-order valence-electron chi connectivity index (χ1n) is 8.62. The second kappa shape index (κ2) is 7.70. The largest absolute Gasteiger partial charge is 0.384 e. The van der Waals surface area contributed by atoms with Gasteiger partial charge in [-0.05, 0) is 32.1 Å². The second-order valence-corrected chi connectivity index (χ2v) is 6.25. The predicted octanol–water partition coefficient (Wildman–Crippen LogP) is 4.66. The summed E-state index contributed by atoms with van der Waals surface area (Å²) in [6, 6.07) is 0. The highest BCUT2D eigenvalue weighted by atomic mass is 15.1. The number of rotatable bonds is 8. The number of hydrogen-bond acceptors (Lipinski definition) is 2. The lowest BCUT2D eigenvalue weighted by Crippen LogP contribution is -2.09. The fourth-order valence-electron chi connectivity index (χ4n) is 3.39. The first kappa shape index (κ1) is 15.4. The standard InChI is InChI=1S/C17H31N3/c1-3-5-6-7-12-15-16(18)20(13-4-2)17(19-15)14-10-8-9-11-14/h14H,3-13,18H2,1-2H3. The lowest BCUT2D eigenvalue weighted by Gasteiger charge is -2.12. The highest BCUT2D eigenvalue weighted by Gasteiger charge is 2.24. The van der Waals surface area contributed by atoms with Crippen molar-refractivity contribution in [3.63, 3.8) is 0 Å². The van der Waals surface area contributed by atoms with Crippen molar-refractivity contribution in [1.82, 2.24) is 9.55 Å². The molecule has 1 aliphatic carbocycles. The van der Waals surface area contributed by atoms with Crippen molar-refractivity contribution in [3.8, 4) is 0 Å². The van der Waals surface area contributed by atoms with Crippen molar-refractivity contribution in [2.45, 2.75) is 90.5 Å². The maximum absolute atomic E-state index is 6.37. The highest BCUT2D eigenvalue weighted by Crippen LogP contribution is 2.35. The number of imidazole rings is 1. The van der Waals surface area contributed by atoms with Gasteiger partial charge in [0.15, 0.2) is 0 Å². The number of nitrogens with two attached hydrogens (primary N) is 1. The Hall–Kier alpha value is -0.990. The van der Waals surface area contributed by atoms with E-state index in [0.29, 0.717) is 5.92 Å². The van der Waals surface area contributed by atoms with Crippen molar-refractivity contribution in [3.05, 3.63) is 11.5 Å². The zero-order valence-corrected chi connectivity index (χ0v) is 13.3. The van der Waals surface area contributed by atoms with E-state index in [9.17, 15) is 0 Å². The van der Waals surface area contributed by atoms with E-state index in [0.717, 1.165) is 30.9 Å². The Morgan fingerprint density at radius 3 is 2.50 bits per heavy atom. The average molecular weight is 277 g/mol. The van der Waals surface area contributed by atoms with Crippen molar-refractivity contribution in [2.24, 2.45) is 0 Å². The molecule has 1 aromatic heterocycles. The fourth-order valence-corrected chi connectivity index (χ4v) is 3.39. The zero-order chi connectivity index (χ0) is 14.4. The Balaban J connectivity index is 2.09. The van der Waals surface area contributed by atoms with Gasteiger partial charge in [-0.15, -0.1) is 0 Å². The monoisotopic (exact) mass is 277 g/mol. The van der Waals surface area contributed by atoms with Gasteiger partial charge in [0, 0.05) is 12.5 Å². The summed E-state index contributed by atoms with van der Waals surface area (Å²) in [6.45, 7) is 5.50. The van der Waals surface area contributed by atoms with Crippen LogP contribution in [-0.2, 0) is 13.0 Å². The summed E-state index contributed by atoms with van der Waals surface area (Å²) in [5.74, 6) is 2.89. The minimum absolute atomic E-state index is 0.660. The minimum Gasteiger partial charge on any atom is -0.384 e. The summed E-state index contributed by atoms with van der Waals surface area (Å²) < 4.78 is 2.31. The third-order valence-corrected chi connectivity index (χ3v) is 4.55. The van der Waals surface area contributed by atoms with E-state index in [1.54, 1.807) is 0 Å². The van der Waals surface area contributed by atoms with E-state index < -0.39 is 0 Å². The molecule has 1 heterocycles. The number of aryl methyl sites for hydroxylation is 1. The van der Waals surface area contributed by atoms with Crippen LogP contribution in [0.3, 0.4) is 0 Å². The molecule has 0 aliphatic heterocycles. The third-order valence-electron chi connectivity index (χ3n) is 4.55. The van der Waals surface area contributed by atoms with Crippen molar-refractivity contribution in [2.75, 3.05) is 5.73 Å². The van der Waals surface area contributed by atoms with Crippen LogP contribution in [0.5, 0.6) is 0 Å². The maximum Gasteiger partial charge on any atom is 0.126 e. The van der Waals surface area contributed by atoms with Gasteiger partial charge in [0.05, 0.1) is 5.69 Å². The van der Waals surface area contributed by atoms with Crippen LogP contribution in [0, 0.1) is 0 Å². The molecule has 1 aliphatic rings. The first-order valence-corrected chi connectivity index (χ1v) is 8.62. The minimum atomic E-state index is 0.660. The Labute approximate surface area is 124 Å².